The second-order valence-corrected chi connectivity index (χ2v) is 6.32. The zero-order valence-corrected chi connectivity index (χ0v) is 13.9. The maximum absolute atomic E-state index is 12.9. The normalized spacial score (nSPS) is 18.5. The molecule has 0 radical (unpaired) electrons. The van der Waals surface area contributed by atoms with Crippen LogP contribution >= 0.6 is 0 Å². The van der Waals surface area contributed by atoms with Crippen LogP contribution in [-0.2, 0) is 0 Å². The minimum absolute atomic E-state index is 0.0526. The number of nitrogens with zero attached hydrogens (tertiary/aromatic N) is 2. The Bertz CT molecular complexity index is 947. The highest BCUT2D eigenvalue weighted by molar-refractivity contribution is 5.93. The van der Waals surface area contributed by atoms with Gasteiger partial charge in [0.15, 0.2) is 23.0 Å². The summed E-state index contributed by atoms with van der Waals surface area (Å²) >= 11 is 0. The summed E-state index contributed by atoms with van der Waals surface area (Å²) in [6, 6.07) is 10.8. The Labute approximate surface area is 149 Å². The molecule has 0 unspecified atom stereocenters. The number of ether oxygens (including phenoxy) is 2. The molecular formula is C19H16N2O5. The summed E-state index contributed by atoms with van der Waals surface area (Å²) in [7, 11) is 0. The number of aromatic nitrogens is 1. The molecule has 5 rings (SSSR count). The van der Waals surface area contributed by atoms with Crippen molar-refractivity contribution in [3.8, 4) is 22.8 Å². The maximum Gasteiger partial charge on any atom is 0.276 e. The molecule has 0 aliphatic carbocycles. The zero-order valence-electron chi connectivity index (χ0n) is 13.9. The summed E-state index contributed by atoms with van der Waals surface area (Å²) in [5.74, 6) is 2.52. The summed E-state index contributed by atoms with van der Waals surface area (Å²) in [4.78, 5) is 14.7. The van der Waals surface area contributed by atoms with E-state index in [1.807, 2.05) is 30.3 Å². The summed E-state index contributed by atoms with van der Waals surface area (Å²) < 4.78 is 21.6. The number of furan rings is 1. The Hall–Kier alpha value is -3.22. The van der Waals surface area contributed by atoms with Gasteiger partial charge in [0.1, 0.15) is 5.76 Å². The number of benzene rings is 1. The van der Waals surface area contributed by atoms with Crippen molar-refractivity contribution < 1.29 is 23.2 Å². The molecule has 0 bridgehead atoms. The fourth-order valence-electron chi connectivity index (χ4n) is 3.50. The standard InChI is InChI=1S/C19H16N2O5/c22-19(21-7-1-3-14(21)15-4-2-8-23-15)13-10-17(26-20-13)12-5-6-16-18(9-12)25-11-24-16/h2,4-6,8-10,14H,1,3,7,11H2/t14-/m0/s1. The van der Waals surface area contributed by atoms with Crippen LogP contribution in [0.3, 0.4) is 0 Å². The molecule has 0 saturated carbocycles. The van der Waals surface area contributed by atoms with E-state index < -0.39 is 0 Å². The summed E-state index contributed by atoms with van der Waals surface area (Å²) in [5, 5.41) is 3.98. The van der Waals surface area contributed by atoms with Crippen molar-refractivity contribution in [1.82, 2.24) is 10.1 Å². The third-order valence-corrected chi connectivity index (χ3v) is 4.77. The molecule has 1 atom stereocenters. The zero-order chi connectivity index (χ0) is 17.5. The third kappa shape index (κ3) is 2.44. The molecule has 2 aliphatic heterocycles. The van der Waals surface area contributed by atoms with Crippen LogP contribution in [0.4, 0.5) is 0 Å². The van der Waals surface area contributed by atoms with Crippen molar-refractivity contribution in [2.24, 2.45) is 0 Å². The fraction of sp³-hybridized carbons (Fsp3) is 0.263. The van der Waals surface area contributed by atoms with Gasteiger partial charge in [0.05, 0.1) is 12.3 Å². The Morgan fingerprint density at radius 1 is 1.15 bits per heavy atom. The first-order valence-corrected chi connectivity index (χ1v) is 8.51. The van der Waals surface area contributed by atoms with E-state index in [4.69, 9.17) is 18.4 Å². The van der Waals surface area contributed by atoms with E-state index in [1.54, 1.807) is 17.2 Å². The summed E-state index contributed by atoms with van der Waals surface area (Å²) in [6.45, 7) is 0.887. The molecule has 1 saturated heterocycles. The number of rotatable bonds is 3. The van der Waals surface area contributed by atoms with E-state index in [9.17, 15) is 4.79 Å². The summed E-state index contributed by atoms with van der Waals surface area (Å²) in [5.41, 5.74) is 1.07. The monoisotopic (exact) mass is 352 g/mol. The summed E-state index contributed by atoms with van der Waals surface area (Å²) in [6.07, 6.45) is 3.44. The second kappa shape index (κ2) is 5.94. The van der Waals surface area contributed by atoms with Crippen LogP contribution in [0.5, 0.6) is 11.5 Å². The molecule has 26 heavy (non-hydrogen) atoms. The number of amides is 1. The van der Waals surface area contributed by atoms with Crippen molar-refractivity contribution >= 4 is 5.91 Å². The van der Waals surface area contributed by atoms with E-state index >= 15 is 0 Å². The van der Waals surface area contributed by atoms with Crippen LogP contribution in [0.15, 0.2) is 51.6 Å². The first-order chi connectivity index (χ1) is 12.8. The van der Waals surface area contributed by atoms with E-state index in [1.165, 1.54) is 0 Å². The highest BCUT2D eigenvalue weighted by Crippen LogP contribution is 2.37. The number of hydrogen-bond acceptors (Lipinski definition) is 6. The lowest BCUT2D eigenvalue weighted by molar-refractivity contribution is 0.0709. The van der Waals surface area contributed by atoms with Crippen molar-refractivity contribution in [3.05, 3.63) is 54.1 Å². The van der Waals surface area contributed by atoms with Crippen molar-refractivity contribution in [2.45, 2.75) is 18.9 Å². The average molecular weight is 352 g/mol. The van der Waals surface area contributed by atoms with Gasteiger partial charge in [-0.3, -0.25) is 4.79 Å². The van der Waals surface area contributed by atoms with E-state index in [-0.39, 0.29) is 24.4 Å². The van der Waals surface area contributed by atoms with Crippen LogP contribution in [0.1, 0.15) is 35.1 Å². The molecule has 1 fully saturated rings. The highest BCUT2D eigenvalue weighted by Gasteiger charge is 2.33. The Kier molecular flexibility index (Phi) is 3.44. The molecule has 1 aromatic carbocycles. The van der Waals surface area contributed by atoms with Gasteiger partial charge in [-0.05, 0) is 43.2 Å². The van der Waals surface area contributed by atoms with Gasteiger partial charge in [0, 0.05) is 18.2 Å². The molecular weight excluding hydrogens is 336 g/mol. The minimum Gasteiger partial charge on any atom is -0.467 e. The topological polar surface area (TPSA) is 77.9 Å². The predicted molar refractivity (Wildman–Crippen MR) is 89.8 cm³/mol. The van der Waals surface area contributed by atoms with Crippen LogP contribution in [0.25, 0.3) is 11.3 Å². The SMILES string of the molecule is O=C(c1cc(-c2ccc3c(c2)OCO3)on1)N1CCC[C@H]1c1ccco1. The van der Waals surface area contributed by atoms with E-state index in [0.29, 0.717) is 23.8 Å². The van der Waals surface area contributed by atoms with E-state index in [0.717, 1.165) is 24.2 Å². The first-order valence-electron chi connectivity index (χ1n) is 8.51. The number of carbonyl (C=O) groups excluding carboxylic acids is 1. The van der Waals surface area contributed by atoms with Gasteiger partial charge in [-0.1, -0.05) is 5.16 Å². The highest BCUT2D eigenvalue weighted by atomic mass is 16.7. The van der Waals surface area contributed by atoms with Gasteiger partial charge in [-0.25, -0.2) is 0 Å². The fourth-order valence-corrected chi connectivity index (χ4v) is 3.50. The van der Waals surface area contributed by atoms with Crippen molar-refractivity contribution in [2.75, 3.05) is 13.3 Å². The number of hydrogen-bond donors (Lipinski definition) is 0. The first kappa shape index (κ1) is 15.1. The Morgan fingerprint density at radius 3 is 2.96 bits per heavy atom. The van der Waals surface area contributed by atoms with Crippen LogP contribution < -0.4 is 9.47 Å². The molecule has 4 heterocycles. The molecule has 2 aromatic heterocycles. The minimum atomic E-state index is -0.153. The second-order valence-electron chi connectivity index (χ2n) is 6.32. The number of carbonyl (C=O) groups is 1. The lowest BCUT2D eigenvalue weighted by Gasteiger charge is -2.21. The quantitative estimate of drug-likeness (QED) is 0.716. The van der Waals surface area contributed by atoms with Crippen LogP contribution in [0.2, 0.25) is 0 Å². The average Bonchev–Trinajstić information content (AvgIpc) is 3.47. The maximum atomic E-state index is 12.9. The number of likely N-dealkylation sites (tertiary alicyclic amines) is 1. The van der Waals surface area contributed by atoms with Crippen LogP contribution in [0, 0.1) is 0 Å². The van der Waals surface area contributed by atoms with Gasteiger partial charge in [-0.15, -0.1) is 0 Å². The van der Waals surface area contributed by atoms with Gasteiger partial charge in [0.25, 0.3) is 5.91 Å². The predicted octanol–water partition coefficient (Wildman–Crippen LogP) is 3.64. The lowest BCUT2D eigenvalue weighted by atomic mass is 10.1. The molecule has 7 heteroatoms. The Morgan fingerprint density at radius 2 is 2.08 bits per heavy atom. The molecule has 1 amide bonds. The molecule has 0 spiro atoms. The Balaban J connectivity index is 1.40. The molecule has 2 aliphatic rings. The van der Waals surface area contributed by atoms with Crippen molar-refractivity contribution in [3.63, 3.8) is 0 Å². The van der Waals surface area contributed by atoms with Gasteiger partial charge in [-0.2, -0.15) is 0 Å². The molecule has 3 aromatic rings. The van der Waals surface area contributed by atoms with Gasteiger partial charge < -0.3 is 23.3 Å². The molecule has 7 nitrogen and oxygen atoms in total. The number of fused-ring (bicyclic) bond motifs is 1. The van der Waals surface area contributed by atoms with Gasteiger partial charge >= 0.3 is 0 Å². The smallest absolute Gasteiger partial charge is 0.276 e. The third-order valence-electron chi connectivity index (χ3n) is 4.77. The van der Waals surface area contributed by atoms with Crippen molar-refractivity contribution in [1.29, 1.82) is 0 Å². The largest absolute Gasteiger partial charge is 0.467 e. The lowest BCUT2D eigenvalue weighted by Crippen LogP contribution is -2.30. The van der Waals surface area contributed by atoms with Crippen LogP contribution in [-0.4, -0.2) is 29.3 Å². The molecule has 0 N–H and O–H groups in total. The van der Waals surface area contributed by atoms with Gasteiger partial charge in [0.2, 0.25) is 6.79 Å². The van der Waals surface area contributed by atoms with E-state index in [2.05, 4.69) is 5.16 Å². The molecule has 132 valence electrons.